The maximum atomic E-state index is 11.7. The highest BCUT2D eigenvalue weighted by molar-refractivity contribution is 7.51. The van der Waals surface area contributed by atoms with Crippen molar-refractivity contribution in [1.29, 1.82) is 0 Å². The van der Waals surface area contributed by atoms with Crippen LogP contribution in [0.3, 0.4) is 0 Å². The Morgan fingerprint density at radius 2 is 1.86 bits per heavy atom. The molecule has 6 heteroatoms. The monoisotopic (exact) mass is 126 g/mol. The molecule has 0 aromatic rings. The summed E-state index contributed by atoms with van der Waals surface area (Å²) in [4.78, 5) is 0. The van der Waals surface area contributed by atoms with Crippen molar-refractivity contribution in [2.24, 2.45) is 0 Å². The number of phosphoric acid groups is 1. The molecule has 40 valence electrons. The molecular formula is CFO4P. The van der Waals surface area contributed by atoms with Crippen molar-refractivity contribution < 1.29 is 22.5 Å². The van der Waals surface area contributed by atoms with E-state index < -0.39 is 14.0 Å². The van der Waals surface area contributed by atoms with E-state index in [9.17, 15) is 8.96 Å². The fourth-order valence-electron chi connectivity index (χ4n) is 0.421. The topological polar surface area (TPSA) is 44.8 Å². The molecule has 0 saturated carbocycles. The van der Waals surface area contributed by atoms with Gasteiger partial charge in [-0.2, -0.15) is 18.0 Å². The largest absolute Gasteiger partial charge is 0.494 e. The summed E-state index contributed by atoms with van der Waals surface area (Å²) < 4.78 is 33.3. The molecular weight excluding hydrogens is 126 g/mol. The lowest BCUT2D eigenvalue weighted by Crippen LogP contribution is -2.52. The van der Waals surface area contributed by atoms with Gasteiger partial charge in [-0.25, -0.2) is 4.57 Å². The fourth-order valence-corrected chi connectivity index (χ4v) is 1.26. The maximum Gasteiger partial charge on any atom is 0.494 e. The molecule has 0 atom stereocenters. The van der Waals surface area contributed by atoms with Crippen LogP contribution in [0, 0.1) is 0 Å². The SMILES string of the molecule is O=P12OC(F)(O1)O2. The van der Waals surface area contributed by atoms with E-state index in [0.29, 0.717) is 0 Å². The van der Waals surface area contributed by atoms with Gasteiger partial charge in [-0.3, -0.25) is 0 Å². The Balaban J connectivity index is 2.31. The molecule has 3 saturated heterocycles. The first-order valence-electron chi connectivity index (χ1n) is 1.53. The molecule has 0 unspecified atom stereocenters. The lowest BCUT2D eigenvalue weighted by molar-refractivity contribution is -0.494. The van der Waals surface area contributed by atoms with Gasteiger partial charge in [-0.05, 0) is 0 Å². The van der Waals surface area contributed by atoms with Crippen molar-refractivity contribution in [3.8, 4) is 0 Å². The molecule has 0 aromatic heterocycles. The molecule has 3 aliphatic rings. The van der Waals surface area contributed by atoms with Gasteiger partial charge in [-0.15, -0.1) is 0 Å². The molecule has 0 aromatic carbocycles. The van der Waals surface area contributed by atoms with Crippen molar-refractivity contribution in [3.05, 3.63) is 0 Å². The minimum absolute atomic E-state index is 2.43. The van der Waals surface area contributed by atoms with E-state index in [4.69, 9.17) is 0 Å². The zero-order valence-corrected chi connectivity index (χ0v) is 3.85. The average Bonchev–Trinajstić information content (AvgIpc) is 1.27. The highest BCUT2D eigenvalue weighted by atomic mass is 31.2. The molecule has 0 aliphatic carbocycles. The van der Waals surface area contributed by atoms with Crippen LogP contribution in [0.5, 0.6) is 0 Å². The highest BCUT2D eigenvalue weighted by Gasteiger charge is 2.77. The number of hydrogen-bond donors (Lipinski definition) is 0. The molecule has 3 heterocycles. The number of rotatable bonds is 0. The van der Waals surface area contributed by atoms with E-state index in [1.54, 1.807) is 0 Å². The molecule has 4 nitrogen and oxygen atoms in total. The second-order valence-electron chi connectivity index (χ2n) is 1.20. The van der Waals surface area contributed by atoms with Gasteiger partial charge in [0, 0.05) is 0 Å². The second-order valence-corrected chi connectivity index (χ2v) is 2.64. The average molecular weight is 126 g/mol. The summed E-state index contributed by atoms with van der Waals surface area (Å²) in [6, 6.07) is 0. The number of alkyl halides is 1. The van der Waals surface area contributed by atoms with Crippen LogP contribution >= 0.6 is 7.82 Å². The van der Waals surface area contributed by atoms with Gasteiger partial charge in [-0.1, -0.05) is 0 Å². The third-order valence-corrected chi connectivity index (χ3v) is 1.99. The molecule has 0 radical (unpaired) electrons. The predicted octanol–water partition coefficient (Wildman–Crippen LogP) is 0.752. The summed E-state index contributed by atoms with van der Waals surface area (Å²) in [6.07, 6.45) is -2.43. The zero-order chi connectivity index (χ0) is 5.12. The second kappa shape index (κ2) is 0.678. The molecule has 0 amide bonds. The van der Waals surface area contributed by atoms with Crippen LogP contribution in [-0.4, -0.2) is 6.23 Å². The van der Waals surface area contributed by atoms with Crippen LogP contribution in [0.2, 0.25) is 0 Å². The van der Waals surface area contributed by atoms with Crippen LogP contribution < -0.4 is 0 Å². The molecule has 2 bridgehead atoms. The van der Waals surface area contributed by atoms with Crippen LogP contribution in [0.1, 0.15) is 0 Å². The van der Waals surface area contributed by atoms with Gasteiger partial charge in [0.25, 0.3) is 0 Å². The van der Waals surface area contributed by atoms with Crippen molar-refractivity contribution in [2.45, 2.75) is 6.23 Å². The summed E-state index contributed by atoms with van der Waals surface area (Å²) in [5.41, 5.74) is 0. The van der Waals surface area contributed by atoms with Gasteiger partial charge in [0.2, 0.25) is 0 Å². The Morgan fingerprint density at radius 3 is 1.86 bits per heavy atom. The first-order valence-corrected chi connectivity index (χ1v) is 2.99. The standard InChI is InChI=1S/CFO4P/c2-1-4-7(3,5-1)6-1. The van der Waals surface area contributed by atoms with Crippen LogP contribution in [0.25, 0.3) is 0 Å². The summed E-state index contributed by atoms with van der Waals surface area (Å²) in [5, 5.41) is 0. The van der Waals surface area contributed by atoms with Crippen molar-refractivity contribution >= 4 is 7.82 Å². The van der Waals surface area contributed by atoms with Crippen molar-refractivity contribution in [3.63, 3.8) is 0 Å². The van der Waals surface area contributed by atoms with E-state index in [1.165, 1.54) is 0 Å². The molecule has 3 fully saturated rings. The maximum absolute atomic E-state index is 11.7. The fraction of sp³-hybridized carbons (Fsp3) is 1.00. The Hall–Kier alpha value is 0.0400. The van der Waals surface area contributed by atoms with Crippen LogP contribution in [0.15, 0.2) is 0 Å². The van der Waals surface area contributed by atoms with Crippen LogP contribution in [-0.2, 0) is 18.1 Å². The predicted molar refractivity (Wildman–Crippen MR) is 14.7 cm³/mol. The van der Waals surface area contributed by atoms with E-state index in [0.717, 1.165) is 0 Å². The highest BCUT2D eigenvalue weighted by Crippen LogP contribution is 2.80. The van der Waals surface area contributed by atoms with E-state index in [-0.39, 0.29) is 0 Å². The Kier molecular flexibility index (Phi) is 0.385. The third-order valence-electron chi connectivity index (χ3n) is 0.663. The number of phosphoric ester groups is 1. The van der Waals surface area contributed by atoms with E-state index in [1.807, 2.05) is 0 Å². The number of hydrogen-bond acceptors (Lipinski definition) is 4. The Labute approximate surface area is 37.8 Å². The quantitative estimate of drug-likeness (QED) is 0.449. The number of halogens is 1. The van der Waals surface area contributed by atoms with E-state index >= 15 is 0 Å². The van der Waals surface area contributed by atoms with Crippen molar-refractivity contribution in [2.75, 3.05) is 0 Å². The molecule has 0 spiro atoms. The zero-order valence-electron chi connectivity index (χ0n) is 2.96. The third kappa shape index (κ3) is 0.303. The minimum Gasteiger partial charge on any atom is -0.227 e. The molecule has 0 N–H and O–H groups in total. The normalized spacial score (nSPS) is 65.9. The summed E-state index contributed by atoms with van der Waals surface area (Å²) in [6.45, 7) is 0. The first-order chi connectivity index (χ1) is 3.12. The smallest absolute Gasteiger partial charge is 0.227 e. The molecule has 3 aliphatic heterocycles. The molecule has 7 heavy (non-hydrogen) atoms. The lowest BCUT2D eigenvalue weighted by atomic mass is 11.2. The van der Waals surface area contributed by atoms with Gasteiger partial charge >= 0.3 is 14.0 Å². The van der Waals surface area contributed by atoms with Gasteiger partial charge in [0.05, 0.1) is 0 Å². The lowest BCUT2D eigenvalue weighted by Gasteiger charge is -2.48. The molecule has 3 rings (SSSR count). The summed E-state index contributed by atoms with van der Waals surface area (Å²) in [7, 11) is -3.26. The minimum atomic E-state index is -3.26. The van der Waals surface area contributed by atoms with Crippen LogP contribution in [0.4, 0.5) is 4.39 Å². The Bertz CT molecular complexity index is 139. The van der Waals surface area contributed by atoms with Gasteiger partial charge < -0.3 is 0 Å². The summed E-state index contributed by atoms with van der Waals surface area (Å²) in [5.74, 6) is 0. The van der Waals surface area contributed by atoms with Gasteiger partial charge in [0.15, 0.2) is 0 Å². The Morgan fingerprint density at radius 1 is 1.43 bits per heavy atom. The summed E-state index contributed by atoms with van der Waals surface area (Å²) >= 11 is 0. The van der Waals surface area contributed by atoms with Crippen molar-refractivity contribution in [1.82, 2.24) is 0 Å². The first kappa shape index (κ1) is 3.97. The van der Waals surface area contributed by atoms with Gasteiger partial charge in [0.1, 0.15) is 0 Å². The van der Waals surface area contributed by atoms with E-state index in [2.05, 4.69) is 13.6 Å².